The van der Waals surface area contributed by atoms with E-state index in [2.05, 4.69) is 11.4 Å². The second-order valence-electron chi connectivity index (χ2n) is 10.7. The summed E-state index contributed by atoms with van der Waals surface area (Å²) in [6.07, 6.45) is 2.46. The van der Waals surface area contributed by atoms with Crippen LogP contribution in [0.2, 0.25) is 0 Å². The number of hydrogen-bond donors (Lipinski definition) is 1. The van der Waals surface area contributed by atoms with Gasteiger partial charge in [-0.2, -0.15) is 0 Å². The molecule has 3 aromatic rings. The van der Waals surface area contributed by atoms with Gasteiger partial charge in [0.25, 0.3) is 0 Å². The van der Waals surface area contributed by atoms with Crippen molar-refractivity contribution >= 4 is 39.6 Å². The lowest BCUT2D eigenvalue weighted by Gasteiger charge is -2.30. The molecule has 2 aromatic carbocycles. The second-order valence-corrected chi connectivity index (χ2v) is 11.9. The topological polar surface area (TPSA) is 74.9 Å². The van der Waals surface area contributed by atoms with E-state index >= 15 is 0 Å². The summed E-state index contributed by atoms with van der Waals surface area (Å²) < 4.78 is 5.48. The molecule has 0 saturated carbocycles. The van der Waals surface area contributed by atoms with Crippen LogP contribution in [0.4, 0.5) is 0 Å². The van der Waals surface area contributed by atoms with Crippen molar-refractivity contribution in [3.8, 4) is 0 Å². The third-order valence-electron chi connectivity index (χ3n) is 6.09. The van der Waals surface area contributed by atoms with E-state index in [4.69, 9.17) is 9.41 Å². The lowest BCUT2D eigenvalue weighted by atomic mass is 9.91. The van der Waals surface area contributed by atoms with Crippen molar-refractivity contribution in [2.45, 2.75) is 59.2 Å². The van der Waals surface area contributed by atoms with Crippen LogP contribution < -0.4 is 5.32 Å². The van der Waals surface area contributed by atoms with Crippen LogP contribution in [-0.2, 0) is 22.6 Å². The van der Waals surface area contributed by atoms with E-state index < -0.39 is 6.04 Å². The molecule has 36 heavy (non-hydrogen) atoms. The molecule has 2 amide bonds. The van der Waals surface area contributed by atoms with Gasteiger partial charge in [-0.05, 0) is 41.7 Å². The zero-order chi connectivity index (χ0) is 25.7. The molecule has 2 heterocycles. The monoisotopic (exact) mass is 505 g/mol. The Morgan fingerprint density at radius 1 is 1.14 bits per heavy atom. The van der Waals surface area contributed by atoms with Crippen LogP contribution in [0.5, 0.6) is 0 Å². The zero-order valence-electron chi connectivity index (χ0n) is 21.5. The summed E-state index contributed by atoms with van der Waals surface area (Å²) in [6.45, 7) is 9.03. The van der Waals surface area contributed by atoms with Crippen molar-refractivity contribution < 1.29 is 14.0 Å². The third-order valence-corrected chi connectivity index (χ3v) is 7.16. The Morgan fingerprint density at radius 3 is 2.61 bits per heavy atom. The Labute approximate surface area is 217 Å². The summed E-state index contributed by atoms with van der Waals surface area (Å²) in [5.41, 5.74) is 2.68. The van der Waals surface area contributed by atoms with Crippen LogP contribution in [0.3, 0.4) is 0 Å². The summed E-state index contributed by atoms with van der Waals surface area (Å²) in [4.78, 5) is 33.6. The summed E-state index contributed by atoms with van der Waals surface area (Å²) >= 11 is 1.73. The number of amides is 2. The average molecular weight is 506 g/mol. The van der Waals surface area contributed by atoms with Crippen molar-refractivity contribution in [3.63, 3.8) is 0 Å². The average Bonchev–Trinajstić information content (AvgIpc) is 3.45. The van der Waals surface area contributed by atoms with Crippen LogP contribution in [0.15, 0.2) is 70.3 Å². The number of carbonyl (C=O) groups excluding carboxylic acids is 2. The third kappa shape index (κ3) is 7.23. The minimum absolute atomic E-state index is 0.0410. The summed E-state index contributed by atoms with van der Waals surface area (Å²) in [5, 5.41) is 5.11. The Bertz CT molecular complexity index is 1230. The van der Waals surface area contributed by atoms with Crippen molar-refractivity contribution in [1.29, 1.82) is 0 Å². The Morgan fingerprint density at radius 2 is 1.92 bits per heavy atom. The number of benzene rings is 2. The Hall–Kier alpha value is -3.06. The van der Waals surface area contributed by atoms with E-state index in [1.165, 1.54) is 0 Å². The van der Waals surface area contributed by atoms with E-state index in [1.54, 1.807) is 18.0 Å². The molecule has 6 nitrogen and oxygen atoms in total. The van der Waals surface area contributed by atoms with Gasteiger partial charge in [-0.3, -0.25) is 14.6 Å². The molecular weight excluding hydrogens is 470 g/mol. The maximum absolute atomic E-state index is 14.1. The van der Waals surface area contributed by atoms with Crippen molar-refractivity contribution in [3.05, 3.63) is 72.0 Å². The number of nitrogens with zero attached hydrogens (tertiary/aromatic N) is 2. The number of aliphatic imine (C=N–C) groups is 1. The maximum atomic E-state index is 14.1. The molecule has 0 saturated heterocycles. The van der Waals surface area contributed by atoms with E-state index in [1.807, 2.05) is 81.1 Å². The highest BCUT2D eigenvalue weighted by molar-refractivity contribution is 8.14. The fourth-order valence-corrected chi connectivity index (χ4v) is 5.30. The normalized spacial score (nSPS) is 16.6. The Balaban J connectivity index is 1.60. The number of carbonyl (C=O) groups is 2. The highest BCUT2D eigenvalue weighted by Crippen LogP contribution is 2.23. The molecular formula is C29H35N3O3S. The summed E-state index contributed by atoms with van der Waals surface area (Å²) in [7, 11) is 0. The highest BCUT2D eigenvalue weighted by Gasteiger charge is 2.30. The van der Waals surface area contributed by atoms with Crippen LogP contribution >= 0.6 is 11.8 Å². The van der Waals surface area contributed by atoms with Gasteiger partial charge in [-0.15, -0.1) is 11.8 Å². The van der Waals surface area contributed by atoms with Gasteiger partial charge in [-0.1, -0.05) is 57.2 Å². The molecule has 1 aliphatic rings. The first-order valence-electron chi connectivity index (χ1n) is 12.4. The highest BCUT2D eigenvalue weighted by atomic mass is 32.2. The Kier molecular flexibility index (Phi) is 8.19. The largest absolute Gasteiger partial charge is 0.464 e. The molecule has 4 rings (SSSR count). The van der Waals surface area contributed by atoms with Crippen molar-refractivity contribution in [2.24, 2.45) is 10.4 Å². The zero-order valence-corrected chi connectivity index (χ0v) is 22.3. The number of furan rings is 1. The van der Waals surface area contributed by atoms with E-state index in [0.717, 1.165) is 32.9 Å². The molecule has 7 heteroatoms. The molecule has 2 atom stereocenters. The minimum Gasteiger partial charge on any atom is -0.464 e. The molecule has 0 fully saturated rings. The minimum atomic E-state index is -0.654. The van der Waals surface area contributed by atoms with E-state index in [-0.39, 0.29) is 23.3 Å². The molecule has 0 radical (unpaired) electrons. The lowest BCUT2D eigenvalue weighted by molar-refractivity contribution is -0.137. The standard InChI is InChI=1S/C29H35N3O3S/c1-20-30-24(19-36-20)18-32(17-22-10-11-26-23(14-22)12-13-35-26)28(34)25(15-21-8-6-5-7-9-21)31-27(33)16-29(2,3)4/h5-14,24-25H,15-19H2,1-4H3,(H,31,33)/t24?,25-/m0/s1. The first-order valence-corrected chi connectivity index (χ1v) is 13.4. The summed E-state index contributed by atoms with van der Waals surface area (Å²) in [5.74, 6) is 0.663. The van der Waals surface area contributed by atoms with Gasteiger partial charge in [-0.25, -0.2) is 0 Å². The van der Waals surface area contributed by atoms with Crippen LogP contribution in [0.25, 0.3) is 11.0 Å². The van der Waals surface area contributed by atoms with E-state index in [0.29, 0.717) is 25.9 Å². The SMILES string of the molecule is CC1=NC(CN(Cc2ccc3occc3c2)C(=O)[C@H](Cc2ccccc2)NC(=O)CC(C)(C)C)CS1. The number of thioether (sulfide) groups is 1. The maximum Gasteiger partial charge on any atom is 0.245 e. The van der Waals surface area contributed by atoms with Gasteiger partial charge in [0, 0.05) is 37.1 Å². The lowest BCUT2D eigenvalue weighted by Crippen LogP contribution is -2.51. The predicted octanol–water partition coefficient (Wildman–Crippen LogP) is 5.46. The van der Waals surface area contributed by atoms with Gasteiger partial charge >= 0.3 is 0 Å². The number of rotatable bonds is 9. The number of nitrogens with one attached hydrogen (secondary N) is 1. The quantitative estimate of drug-likeness (QED) is 0.419. The fourth-order valence-electron chi connectivity index (χ4n) is 4.46. The molecule has 1 aromatic heterocycles. The van der Waals surface area contributed by atoms with Crippen molar-refractivity contribution in [1.82, 2.24) is 10.2 Å². The molecule has 0 spiro atoms. The molecule has 1 N–H and O–H groups in total. The molecule has 0 aliphatic carbocycles. The van der Waals surface area contributed by atoms with Crippen LogP contribution in [-0.4, -0.2) is 46.1 Å². The first-order chi connectivity index (χ1) is 17.2. The van der Waals surface area contributed by atoms with Gasteiger partial charge in [0.1, 0.15) is 11.6 Å². The predicted molar refractivity (Wildman–Crippen MR) is 147 cm³/mol. The van der Waals surface area contributed by atoms with E-state index in [9.17, 15) is 9.59 Å². The van der Waals surface area contributed by atoms with Gasteiger partial charge < -0.3 is 14.6 Å². The molecule has 1 aliphatic heterocycles. The van der Waals surface area contributed by atoms with Crippen molar-refractivity contribution in [2.75, 3.05) is 12.3 Å². The van der Waals surface area contributed by atoms with Gasteiger partial charge in [0.05, 0.1) is 17.3 Å². The number of hydrogen-bond acceptors (Lipinski definition) is 5. The summed E-state index contributed by atoms with van der Waals surface area (Å²) in [6, 6.07) is 17.2. The smallest absolute Gasteiger partial charge is 0.245 e. The molecule has 1 unspecified atom stereocenters. The number of fused-ring (bicyclic) bond motifs is 1. The molecule has 0 bridgehead atoms. The second kappa shape index (κ2) is 11.3. The van der Waals surface area contributed by atoms with Crippen LogP contribution in [0, 0.1) is 5.41 Å². The van der Waals surface area contributed by atoms with Gasteiger partial charge in [0.2, 0.25) is 11.8 Å². The van der Waals surface area contributed by atoms with Gasteiger partial charge in [0.15, 0.2) is 0 Å². The van der Waals surface area contributed by atoms with Crippen LogP contribution in [0.1, 0.15) is 45.2 Å². The first kappa shape index (κ1) is 26.0. The fraction of sp³-hybridized carbons (Fsp3) is 0.414. The molecule has 190 valence electrons.